The van der Waals surface area contributed by atoms with Crippen molar-refractivity contribution in [2.45, 2.75) is 138 Å². The Balaban J connectivity index is 1.75. The first-order valence-corrected chi connectivity index (χ1v) is 21.0. The van der Waals surface area contributed by atoms with Gasteiger partial charge in [0, 0.05) is 24.9 Å². The number of esters is 1. The number of aliphatic carboxylic acids is 1. The Kier molecular flexibility index (Phi) is 17.7. The molecule has 19 nitrogen and oxygen atoms in total. The first-order valence-electron chi connectivity index (χ1n) is 20.1. The Morgan fingerprint density at radius 3 is 1.87 bits per heavy atom. The van der Waals surface area contributed by atoms with E-state index >= 15 is 0 Å². The average molecular weight is 889 g/mol. The molecule has 0 aliphatic carbocycles. The number of rotatable bonds is 18. The van der Waals surface area contributed by atoms with E-state index in [4.69, 9.17) is 28.5 Å². The van der Waals surface area contributed by atoms with Crippen molar-refractivity contribution < 1.29 is 62.3 Å². The lowest BCUT2D eigenvalue weighted by Crippen LogP contribution is -2.44. The summed E-state index contributed by atoms with van der Waals surface area (Å²) in [6.45, 7) is 22.4. The lowest BCUT2D eigenvalue weighted by molar-refractivity contribution is -0.775. The van der Waals surface area contributed by atoms with E-state index in [1.165, 1.54) is 5.38 Å². The molecule has 2 aromatic heterocycles. The van der Waals surface area contributed by atoms with Crippen LogP contribution in [-0.2, 0) is 46.5 Å². The zero-order valence-electron chi connectivity index (χ0n) is 37.7. The average Bonchev–Trinajstić information content (AvgIpc) is 3.73. The van der Waals surface area contributed by atoms with E-state index < -0.39 is 71.0 Å². The highest BCUT2D eigenvalue weighted by molar-refractivity contribution is 7.14. The molecule has 3 aromatic rings. The van der Waals surface area contributed by atoms with Crippen LogP contribution < -0.4 is 25.4 Å². The van der Waals surface area contributed by atoms with Gasteiger partial charge in [-0.15, -0.1) is 16.0 Å². The molecule has 0 fully saturated rings. The van der Waals surface area contributed by atoms with Gasteiger partial charge in [-0.25, -0.2) is 29.0 Å². The van der Waals surface area contributed by atoms with Crippen molar-refractivity contribution in [2.24, 2.45) is 5.16 Å². The molecular weight excluding hydrogens is 827 g/mol. The monoisotopic (exact) mass is 888 g/mol. The number of nitrogens with one attached hydrogen (secondary N) is 3. The largest absolute Gasteiger partial charge is 0.489 e. The van der Waals surface area contributed by atoms with Gasteiger partial charge in [0.05, 0.1) is 18.3 Å². The topological polar surface area (TPSA) is 231 Å². The Hall–Kier alpha value is -5.92. The van der Waals surface area contributed by atoms with Crippen molar-refractivity contribution in [3.05, 3.63) is 47.7 Å². The maximum absolute atomic E-state index is 13.2. The number of hydrogen-bond acceptors (Lipinski definition) is 14. The highest BCUT2D eigenvalue weighted by Crippen LogP contribution is 2.23. The lowest BCUT2D eigenvalue weighted by Gasteiger charge is -2.23. The van der Waals surface area contributed by atoms with Crippen molar-refractivity contribution in [2.75, 3.05) is 25.0 Å². The Morgan fingerprint density at radius 1 is 0.774 bits per heavy atom. The molecule has 0 bridgehead atoms. The molecule has 4 N–H and O–H groups in total. The number of thiazole rings is 1. The number of carbonyl (C=O) groups excluding carboxylic acids is 4. The number of anilines is 1. The summed E-state index contributed by atoms with van der Waals surface area (Å²) in [7, 11) is 0. The van der Waals surface area contributed by atoms with Crippen LogP contribution in [0.1, 0.15) is 102 Å². The van der Waals surface area contributed by atoms with Crippen LogP contribution in [0.4, 0.5) is 19.5 Å². The van der Waals surface area contributed by atoms with Gasteiger partial charge in [-0.1, -0.05) is 17.3 Å². The van der Waals surface area contributed by atoms with Gasteiger partial charge in [-0.05, 0) is 107 Å². The van der Waals surface area contributed by atoms with Crippen LogP contribution in [0.15, 0.2) is 47.2 Å². The van der Waals surface area contributed by atoms with Crippen LogP contribution in [0.25, 0.3) is 11.1 Å². The molecule has 0 aliphatic heterocycles. The smallest absolute Gasteiger partial charge is 0.413 e. The number of aromatic nitrogens is 3. The lowest BCUT2D eigenvalue weighted by atomic mass is 10.1. The summed E-state index contributed by atoms with van der Waals surface area (Å²) in [5, 5.41) is 23.1. The molecule has 1 unspecified atom stereocenters. The molecule has 3 amide bonds. The van der Waals surface area contributed by atoms with Crippen LogP contribution >= 0.6 is 11.3 Å². The van der Waals surface area contributed by atoms with Crippen molar-refractivity contribution in [3.63, 3.8) is 0 Å². The van der Waals surface area contributed by atoms with Gasteiger partial charge < -0.3 is 44.3 Å². The van der Waals surface area contributed by atoms with E-state index in [-0.39, 0.29) is 10.8 Å². The molecule has 0 aliphatic rings. The van der Waals surface area contributed by atoms with Crippen LogP contribution in [0.3, 0.4) is 0 Å². The fraction of sp³-hybridized carbons (Fsp3) is 0.571. The van der Waals surface area contributed by atoms with Gasteiger partial charge in [0.2, 0.25) is 11.9 Å². The number of carbonyl (C=O) groups is 5. The predicted molar refractivity (Wildman–Crippen MR) is 230 cm³/mol. The minimum Gasteiger partial charge on any atom is -0.489 e. The van der Waals surface area contributed by atoms with Gasteiger partial charge in [-0.2, -0.15) is 4.68 Å². The fourth-order valence-electron chi connectivity index (χ4n) is 5.10. The third kappa shape index (κ3) is 19.2. The molecule has 62 heavy (non-hydrogen) atoms. The Bertz CT molecular complexity index is 1960. The Morgan fingerprint density at radius 2 is 1.32 bits per heavy atom. The van der Waals surface area contributed by atoms with Gasteiger partial charge in [-0.3, -0.25) is 5.32 Å². The zero-order chi connectivity index (χ0) is 46.5. The van der Waals surface area contributed by atoms with Crippen LogP contribution in [0, 0.1) is 0 Å². The quantitative estimate of drug-likeness (QED) is 0.0261. The van der Waals surface area contributed by atoms with Crippen molar-refractivity contribution in [1.29, 1.82) is 0 Å². The SMILES string of the molecule is CC(C)(C)OC(=O)NCCCn1cc(-c2ccc(OCC(ON=C(C(=O)O)c3csc(NC(=O)OC(C)(C)C)n3)C(=O)OC(C)(C)C)cc2)c[n+]1CCCNC(=O)OC(C)(C)C. The van der Waals surface area contributed by atoms with Gasteiger partial charge in [0.15, 0.2) is 11.7 Å². The molecular formula is C42H62N7O12S+. The first-order chi connectivity index (χ1) is 28.7. The summed E-state index contributed by atoms with van der Waals surface area (Å²) in [6.07, 6.45) is 1.96. The summed E-state index contributed by atoms with van der Waals surface area (Å²) < 4.78 is 31.4. The molecule has 1 atom stereocenters. The second-order valence-corrected chi connectivity index (χ2v) is 18.8. The molecule has 3 rings (SSSR count). The normalized spacial score (nSPS) is 12.7. The number of amides is 3. The predicted octanol–water partition coefficient (Wildman–Crippen LogP) is 6.67. The van der Waals surface area contributed by atoms with Crippen LogP contribution in [0.5, 0.6) is 5.75 Å². The molecule has 342 valence electrons. The third-order valence-corrected chi connectivity index (χ3v) is 8.22. The van der Waals surface area contributed by atoms with Crippen molar-refractivity contribution in [3.8, 4) is 16.9 Å². The number of carboxylic acids is 1. The van der Waals surface area contributed by atoms with Crippen molar-refractivity contribution >= 4 is 52.4 Å². The number of hydrogen-bond donors (Lipinski definition) is 4. The number of aryl methyl sites for hydroxylation is 2. The molecule has 0 saturated carbocycles. The van der Waals surface area contributed by atoms with Gasteiger partial charge in [0.1, 0.15) is 40.5 Å². The minimum absolute atomic E-state index is 0.0604. The van der Waals surface area contributed by atoms with Crippen LogP contribution in [0.2, 0.25) is 0 Å². The maximum Gasteiger partial charge on any atom is 0.413 e. The van der Waals surface area contributed by atoms with E-state index in [0.717, 1.165) is 22.5 Å². The zero-order valence-corrected chi connectivity index (χ0v) is 38.5. The van der Waals surface area contributed by atoms with Gasteiger partial charge in [0.25, 0.3) is 6.10 Å². The second-order valence-electron chi connectivity index (χ2n) is 18.0. The number of alkyl carbamates (subject to hydrolysis) is 2. The summed E-state index contributed by atoms with van der Waals surface area (Å²) in [6, 6.07) is 7.09. The van der Waals surface area contributed by atoms with E-state index in [1.807, 2.05) is 33.9 Å². The summed E-state index contributed by atoms with van der Waals surface area (Å²) in [4.78, 5) is 71.5. The number of oxime groups is 1. The van der Waals surface area contributed by atoms with Crippen molar-refractivity contribution in [1.82, 2.24) is 20.3 Å². The highest BCUT2D eigenvalue weighted by atomic mass is 32.1. The van der Waals surface area contributed by atoms with E-state index in [0.29, 0.717) is 44.8 Å². The number of nitrogens with zero attached hydrogens (tertiary/aromatic N) is 4. The molecule has 0 saturated heterocycles. The summed E-state index contributed by atoms with van der Waals surface area (Å²) >= 11 is 0.942. The molecule has 20 heteroatoms. The van der Waals surface area contributed by atoms with E-state index in [9.17, 15) is 29.1 Å². The summed E-state index contributed by atoms with van der Waals surface area (Å²) in [5.41, 5.74) is -1.91. The van der Waals surface area contributed by atoms with E-state index in [1.54, 1.807) is 95.2 Å². The van der Waals surface area contributed by atoms with Crippen LogP contribution in [-0.4, -0.2) is 98.9 Å². The minimum atomic E-state index is -1.50. The molecule has 1 aromatic carbocycles. The fourth-order valence-corrected chi connectivity index (χ4v) is 5.78. The molecule has 0 radical (unpaired) electrons. The Labute approximate surface area is 366 Å². The maximum atomic E-state index is 13.2. The van der Waals surface area contributed by atoms with Gasteiger partial charge >= 0.3 is 30.2 Å². The molecule has 0 spiro atoms. The summed E-state index contributed by atoms with van der Waals surface area (Å²) in [5.74, 6) is -1.97. The highest BCUT2D eigenvalue weighted by Gasteiger charge is 2.30. The number of benzene rings is 1. The first kappa shape index (κ1) is 50.4. The van der Waals surface area contributed by atoms with E-state index in [2.05, 4.69) is 26.1 Å². The number of ether oxygens (including phenoxy) is 5. The standard InChI is InChI=1S/C42H61N7O12S/c1-39(2,3)57-34(52)31(61-47-32(33(50)51)30-26-62-35(45-30)46-38(55)60-42(10,11)12)25-56-29-17-15-27(16-18-29)28-23-48(21-13-19-43-36(53)58-40(4,5)6)49(24-28)22-14-20-44-37(54)59-41(7,8)9/h15-18,23-24,26,31H,13-14,19-22,25H2,1-12H3,(H3-,43,44,45,46,50,51,53,54,55)/p+1. The number of carboxylic acid groups (broad SMARTS) is 1. The molecule has 2 heterocycles. The third-order valence-electron chi connectivity index (χ3n) is 7.46. The second kappa shape index (κ2) is 21.7.